The molecule has 1 saturated heterocycles. The van der Waals surface area contributed by atoms with E-state index in [4.69, 9.17) is 0 Å². The summed E-state index contributed by atoms with van der Waals surface area (Å²) in [6.07, 6.45) is 0. The molecule has 138 valence electrons. The molecule has 2 amide bonds. The Labute approximate surface area is 151 Å². The van der Waals surface area contributed by atoms with Crippen LogP contribution in [0, 0.1) is 5.41 Å². The summed E-state index contributed by atoms with van der Waals surface area (Å²) in [7, 11) is 0. The quantitative estimate of drug-likeness (QED) is 0.835. The first-order valence-electron chi connectivity index (χ1n) is 9.18. The number of hydrogen-bond donors (Lipinski definition) is 1. The summed E-state index contributed by atoms with van der Waals surface area (Å²) < 4.78 is 0. The standard InChI is InChI=1S/C20H31N3O2/c1-6-22-11-13-23(14-12-22)19(25)20(4,5)18(24)21-17-9-7-16(8-10-17)15(2)3/h7-10,15H,6,11-14H2,1-5H3,(H,21,24). The lowest BCUT2D eigenvalue weighted by Crippen LogP contribution is -2.54. The number of piperazine rings is 1. The van der Waals surface area contributed by atoms with E-state index in [0.29, 0.717) is 19.0 Å². The molecule has 0 radical (unpaired) electrons. The van der Waals surface area contributed by atoms with Crippen LogP contribution in [0.25, 0.3) is 0 Å². The molecule has 5 nitrogen and oxygen atoms in total. The second-order valence-electron chi connectivity index (χ2n) is 7.58. The first-order chi connectivity index (χ1) is 11.8. The highest BCUT2D eigenvalue weighted by Gasteiger charge is 2.40. The van der Waals surface area contributed by atoms with Gasteiger partial charge in [0.05, 0.1) is 0 Å². The fraction of sp³-hybridized carbons (Fsp3) is 0.600. The van der Waals surface area contributed by atoms with Crippen LogP contribution in [0.15, 0.2) is 24.3 Å². The minimum absolute atomic E-state index is 0.0976. The zero-order valence-electron chi connectivity index (χ0n) is 16.1. The average Bonchev–Trinajstić information content (AvgIpc) is 2.61. The fourth-order valence-electron chi connectivity index (χ4n) is 3.00. The topological polar surface area (TPSA) is 52.7 Å². The van der Waals surface area contributed by atoms with Crippen LogP contribution in [-0.2, 0) is 9.59 Å². The van der Waals surface area contributed by atoms with Gasteiger partial charge in [-0.3, -0.25) is 9.59 Å². The van der Waals surface area contributed by atoms with Crippen molar-refractivity contribution in [3.8, 4) is 0 Å². The van der Waals surface area contributed by atoms with Crippen molar-refractivity contribution >= 4 is 17.5 Å². The number of likely N-dealkylation sites (N-methyl/N-ethyl adjacent to an activating group) is 1. The first kappa shape index (κ1) is 19.4. The van der Waals surface area contributed by atoms with Gasteiger partial charge in [-0.25, -0.2) is 0 Å². The molecule has 25 heavy (non-hydrogen) atoms. The molecule has 2 rings (SSSR count). The average molecular weight is 345 g/mol. The molecule has 1 N–H and O–H groups in total. The molecular formula is C20H31N3O2. The zero-order valence-corrected chi connectivity index (χ0v) is 16.1. The van der Waals surface area contributed by atoms with Gasteiger partial charge in [0.15, 0.2) is 0 Å². The number of carbonyl (C=O) groups excluding carboxylic acids is 2. The van der Waals surface area contributed by atoms with E-state index < -0.39 is 5.41 Å². The lowest BCUT2D eigenvalue weighted by molar-refractivity contribution is -0.147. The molecule has 0 aliphatic carbocycles. The smallest absolute Gasteiger partial charge is 0.239 e. The summed E-state index contributed by atoms with van der Waals surface area (Å²) in [4.78, 5) is 29.7. The molecule has 1 fully saturated rings. The minimum Gasteiger partial charge on any atom is -0.339 e. The van der Waals surface area contributed by atoms with Gasteiger partial charge >= 0.3 is 0 Å². The zero-order chi connectivity index (χ0) is 18.6. The molecule has 1 aliphatic heterocycles. The fourth-order valence-corrected chi connectivity index (χ4v) is 3.00. The monoisotopic (exact) mass is 345 g/mol. The highest BCUT2D eigenvalue weighted by molar-refractivity contribution is 6.09. The highest BCUT2D eigenvalue weighted by atomic mass is 16.2. The largest absolute Gasteiger partial charge is 0.339 e. The van der Waals surface area contributed by atoms with E-state index in [0.717, 1.165) is 25.3 Å². The van der Waals surface area contributed by atoms with Crippen LogP contribution in [0.2, 0.25) is 0 Å². The van der Waals surface area contributed by atoms with Crippen LogP contribution >= 0.6 is 0 Å². The molecule has 1 aliphatic rings. The van der Waals surface area contributed by atoms with Gasteiger partial charge in [-0.1, -0.05) is 32.9 Å². The van der Waals surface area contributed by atoms with Gasteiger partial charge in [-0.05, 0) is 44.0 Å². The van der Waals surface area contributed by atoms with Crippen molar-refractivity contribution < 1.29 is 9.59 Å². The van der Waals surface area contributed by atoms with Crippen LogP contribution in [0.5, 0.6) is 0 Å². The van der Waals surface area contributed by atoms with E-state index in [1.165, 1.54) is 5.56 Å². The summed E-state index contributed by atoms with van der Waals surface area (Å²) in [6, 6.07) is 7.82. The van der Waals surface area contributed by atoms with E-state index in [2.05, 4.69) is 31.0 Å². The number of benzene rings is 1. The van der Waals surface area contributed by atoms with Crippen molar-refractivity contribution in [2.45, 2.75) is 40.5 Å². The molecule has 1 aromatic carbocycles. The second-order valence-corrected chi connectivity index (χ2v) is 7.58. The van der Waals surface area contributed by atoms with E-state index in [1.807, 2.05) is 29.2 Å². The number of anilines is 1. The molecule has 0 atom stereocenters. The lowest BCUT2D eigenvalue weighted by atomic mass is 9.89. The molecule has 1 aromatic rings. The Kier molecular flexibility index (Phi) is 6.22. The van der Waals surface area contributed by atoms with Crippen LogP contribution in [0.3, 0.4) is 0 Å². The van der Waals surface area contributed by atoms with E-state index in [-0.39, 0.29) is 11.8 Å². The summed E-state index contributed by atoms with van der Waals surface area (Å²) in [5, 5.41) is 2.89. The Balaban J connectivity index is 2.00. The van der Waals surface area contributed by atoms with Crippen LogP contribution in [-0.4, -0.2) is 54.3 Å². The third-order valence-electron chi connectivity index (χ3n) is 5.04. The molecule has 0 unspecified atom stereocenters. The number of nitrogens with zero attached hydrogens (tertiary/aromatic N) is 2. The summed E-state index contributed by atoms with van der Waals surface area (Å²) in [6.45, 7) is 13.9. The Morgan fingerprint density at radius 3 is 2.12 bits per heavy atom. The van der Waals surface area contributed by atoms with Gasteiger partial charge in [0.2, 0.25) is 11.8 Å². The first-order valence-corrected chi connectivity index (χ1v) is 9.18. The third-order valence-corrected chi connectivity index (χ3v) is 5.04. The van der Waals surface area contributed by atoms with Crippen LogP contribution in [0.1, 0.15) is 46.1 Å². The Morgan fingerprint density at radius 1 is 1.08 bits per heavy atom. The van der Waals surface area contributed by atoms with E-state index in [9.17, 15) is 9.59 Å². The van der Waals surface area contributed by atoms with Crippen molar-refractivity contribution in [1.82, 2.24) is 9.80 Å². The van der Waals surface area contributed by atoms with Crippen molar-refractivity contribution in [2.75, 3.05) is 38.0 Å². The molecule has 0 saturated carbocycles. The van der Waals surface area contributed by atoms with Crippen LogP contribution in [0.4, 0.5) is 5.69 Å². The molecule has 0 spiro atoms. The van der Waals surface area contributed by atoms with Crippen molar-refractivity contribution in [3.05, 3.63) is 29.8 Å². The Morgan fingerprint density at radius 2 is 1.64 bits per heavy atom. The molecular weight excluding hydrogens is 314 g/mol. The van der Waals surface area contributed by atoms with Crippen molar-refractivity contribution in [2.24, 2.45) is 5.41 Å². The number of hydrogen-bond acceptors (Lipinski definition) is 3. The number of rotatable bonds is 5. The summed E-state index contributed by atoms with van der Waals surface area (Å²) in [5.74, 6) is 0.0943. The van der Waals surface area contributed by atoms with E-state index in [1.54, 1.807) is 13.8 Å². The van der Waals surface area contributed by atoms with Gasteiger partial charge < -0.3 is 15.1 Å². The Hall–Kier alpha value is -1.88. The van der Waals surface area contributed by atoms with Gasteiger partial charge in [0.1, 0.15) is 5.41 Å². The molecule has 5 heteroatoms. The van der Waals surface area contributed by atoms with Crippen molar-refractivity contribution in [1.29, 1.82) is 0 Å². The van der Waals surface area contributed by atoms with Gasteiger partial charge in [-0.2, -0.15) is 0 Å². The second kappa shape index (κ2) is 8.00. The molecule has 1 heterocycles. The van der Waals surface area contributed by atoms with Crippen molar-refractivity contribution in [3.63, 3.8) is 0 Å². The van der Waals surface area contributed by atoms with Gasteiger partial charge in [0, 0.05) is 31.9 Å². The predicted molar refractivity (Wildman–Crippen MR) is 102 cm³/mol. The third kappa shape index (κ3) is 4.60. The predicted octanol–water partition coefficient (Wildman–Crippen LogP) is 2.94. The lowest BCUT2D eigenvalue weighted by Gasteiger charge is -2.37. The van der Waals surface area contributed by atoms with Gasteiger partial charge in [0.25, 0.3) is 0 Å². The number of nitrogens with one attached hydrogen (secondary N) is 1. The maximum Gasteiger partial charge on any atom is 0.239 e. The Bertz CT molecular complexity index is 600. The molecule has 0 bridgehead atoms. The number of amides is 2. The van der Waals surface area contributed by atoms with E-state index >= 15 is 0 Å². The van der Waals surface area contributed by atoms with Gasteiger partial charge in [-0.15, -0.1) is 0 Å². The normalized spacial score (nSPS) is 16.2. The molecule has 0 aromatic heterocycles. The maximum atomic E-state index is 12.8. The summed E-state index contributed by atoms with van der Waals surface area (Å²) >= 11 is 0. The minimum atomic E-state index is -1.08. The summed E-state index contributed by atoms with van der Waals surface area (Å²) in [5.41, 5.74) is 0.874. The number of carbonyl (C=O) groups is 2. The maximum absolute atomic E-state index is 12.8. The van der Waals surface area contributed by atoms with Crippen LogP contribution < -0.4 is 5.32 Å². The SMILES string of the molecule is CCN1CCN(C(=O)C(C)(C)C(=O)Nc2ccc(C(C)C)cc2)CC1. The highest BCUT2D eigenvalue weighted by Crippen LogP contribution is 2.24.